The van der Waals surface area contributed by atoms with E-state index in [4.69, 9.17) is 16.3 Å². The Morgan fingerprint density at radius 2 is 2.04 bits per heavy atom. The topological polar surface area (TPSA) is 68.3 Å². The van der Waals surface area contributed by atoms with Crippen LogP contribution >= 0.6 is 23.4 Å². The summed E-state index contributed by atoms with van der Waals surface area (Å²) in [4.78, 5) is 27.6. The molecule has 0 bridgehead atoms. The summed E-state index contributed by atoms with van der Waals surface area (Å²) in [6.07, 6.45) is 2.15. The van der Waals surface area contributed by atoms with Crippen LogP contribution in [0.4, 0.5) is 4.79 Å². The quantitative estimate of drug-likeness (QED) is 0.854. The number of thioether (sulfide) groups is 1. The van der Waals surface area contributed by atoms with Gasteiger partial charge in [0.05, 0.1) is 0 Å². The molecule has 5 nitrogen and oxygen atoms in total. The molecule has 0 aliphatic carbocycles. The first-order chi connectivity index (χ1) is 11.8. The number of ether oxygens (including phenoxy) is 1. The fraction of sp³-hybridized carbons (Fsp3) is 0.278. The smallest absolute Gasteiger partial charge is 0.286 e. The molecular formula is C18H17ClN2O3S. The second-order valence-corrected chi connectivity index (χ2v) is 8.12. The number of amides is 2. The Morgan fingerprint density at radius 3 is 2.64 bits per heavy atom. The molecule has 0 unspecified atom stereocenters. The third-order valence-electron chi connectivity index (χ3n) is 4.01. The fourth-order valence-corrected chi connectivity index (χ4v) is 3.80. The molecule has 1 aromatic carbocycles. The van der Waals surface area contributed by atoms with E-state index >= 15 is 0 Å². The number of nitrogens with one attached hydrogen (secondary N) is 1. The van der Waals surface area contributed by atoms with E-state index in [1.165, 1.54) is 0 Å². The first kappa shape index (κ1) is 17.8. The minimum absolute atomic E-state index is 0.252. The maximum absolute atomic E-state index is 12.0. The molecule has 1 N–H and O–H groups in total. The van der Waals surface area contributed by atoms with Crippen LogP contribution in [0.15, 0.2) is 30.5 Å². The van der Waals surface area contributed by atoms with Crippen molar-refractivity contribution in [1.82, 2.24) is 10.3 Å². The highest BCUT2D eigenvalue weighted by atomic mass is 35.5. The summed E-state index contributed by atoms with van der Waals surface area (Å²) < 4.78 is 4.97. The summed E-state index contributed by atoms with van der Waals surface area (Å²) in [5, 5.41) is 2.49. The number of hydrogen-bond acceptors (Lipinski definition) is 5. The van der Waals surface area contributed by atoms with E-state index in [0.717, 1.165) is 28.5 Å². The molecule has 2 heterocycles. The van der Waals surface area contributed by atoms with Crippen LogP contribution in [-0.4, -0.2) is 20.9 Å². The molecule has 0 saturated carbocycles. The van der Waals surface area contributed by atoms with Gasteiger partial charge in [-0.2, -0.15) is 0 Å². The SMILES string of the molecule is Cc1cnc(Oc2ccc(C[C@@]3(C)SC(=O)NC3=O)c(C)c2)c(Cl)c1. The number of nitrogens with zero attached hydrogens (tertiary/aromatic N) is 1. The van der Waals surface area contributed by atoms with E-state index in [9.17, 15) is 9.59 Å². The zero-order valence-electron chi connectivity index (χ0n) is 14.1. The highest BCUT2D eigenvalue weighted by molar-refractivity contribution is 8.16. The lowest BCUT2D eigenvalue weighted by molar-refractivity contribution is -0.121. The van der Waals surface area contributed by atoms with Crippen molar-refractivity contribution in [3.05, 3.63) is 52.2 Å². The molecule has 7 heteroatoms. The highest BCUT2D eigenvalue weighted by Crippen LogP contribution is 2.36. The first-order valence-corrected chi connectivity index (χ1v) is 8.90. The number of carbonyl (C=O) groups excluding carboxylic acids is 2. The summed E-state index contributed by atoms with van der Waals surface area (Å²) in [5.41, 5.74) is 2.91. The molecule has 130 valence electrons. The van der Waals surface area contributed by atoms with Gasteiger partial charge in [0.15, 0.2) is 0 Å². The van der Waals surface area contributed by atoms with Crippen molar-refractivity contribution in [2.75, 3.05) is 0 Å². The van der Waals surface area contributed by atoms with E-state index in [0.29, 0.717) is 23.1 Å². The standard InChI is InChI=1S/C18H17ClN2O3S/c1-10-6-14(19)15(20-9-10)24-13-5-4-12(11(2)7-13)8-18(3)16(22)21-17(23)25-18/h4-7,9H,8H2,1-3H3,(H,21,22,23)/t18-/m1/s1. The maximum Gasteiger partial charge on any atom is 0.286 e. The van der Waals surface area contributed by atoms with Gasteiger partial charge in [-0.15, -0.1) is 0 Å². The van der Waals surface area contributed by atoms with Gasteiger partial charge in [0.2, 0.25) is 11.8 Å². The zero-order chi connectivity index (χ0) is 18.2. The van der Waals surface area contributed by atoms with Crippen molar-refractivity contribution < 1.29 is 14.3 Å². The Labute approximate surface area is 155 Å². The number of benzene rings is 1. The van der Waals surface area contributed by atoms with Gasteiger partial charge in [0.25, 0.3) is 5.24 Å². The largest absolute Gasteiger partial charge is 0.438 e. The van der Waals surface area contributed by atoms with Crippen molar-refractivity contribution in [2.45, 2.75) is 31.9 Å². The van der Waals surface area contributed by atoms with Gasteiger partial charge in [-0.05, 0) is 73.8 Å². The van der Waals surface area contributed by atoms with Crippen LogP contribution < -0.4 is 10.1 Å². The summed E-state index contributed by atoms with van der Waals surface area (Å²) in [6.45, 7) is 5.62. The second kappa shape index (κ2) is 6.69. The van der Waals surface area contributed by atoms with E-state index in [1.807, 2.05) is 32.0 Å². The Morgan fingerprint density at radius 1 is 1.28 bits per heavy atom. The van der Waals surface area contributed by atoms with Crippen LogP contribution in [0.25, 0.3) is 0 Å². The van der Waals surface area contributed by atoms with Crippen LogP contribution in [0.5, 0.6) is 11.6 Å². The molecule has 1 aromatic heterocycles. The molecule has 2 aromatic rings. The minimum Gasteiger partial charge on any atom is -0.438 e. The molecule has 1 saturated heterocycles. The number of imide groups is 1. The Bertz CT molecular complexity index is 871. The Hall–Kier alpha value is -2.05. The number of halogens is 1. The lowest BCUT2D eigenvalue weighted by Gasteiger charge is -2.20. The number of hydrogen-bond donors (Lipinski definition) is 1. The zero-order valence-corrected chi connectivity index (χ0v) is 15.6. The Balaban J connectivity index is 1.79. The van der Waals surface area contributed by atoms with Crippen LogP contribution in [0.2, 0.25) is 5.02 Å². The molecule has 1 atom stereocenters. The summed E-state index contributed by atoms with van der Waals surface area (Å²) in [5.74, 6) is 0.713. The van der Waals surface area contributed by atoms with Gasteiger partial charge in [-0.25, -0.2) is 4.98 Å². The predicted octanol–water partition coefficient (Wildman–Crippen LogP) is 4.43. The molecular weight excluding hydrogens is 360 g/mol. The van der Waals surface area contributed by atoms with Crippen molar-refractivity contribution in [1.29, 1.82) is 0 Å². The number of carbonyl (C=O) groups is 2. The molecule has 0 spiro atoms. The van der Waals surface area contributed by atoms with Crippen molar-refractivity contribution in [3.63, 3.8) is 0 Å². The van der Waals surface area contributed by atoms with Gasteiger partial charge < -0.3 is 4.74 Å². The number of aryl methyl sites for hydroxylation is 2. The number of pyridine rings is 1. The van der Waals surface area contributed by atoms with Gasteiger partial charge in [-0.3, -0.25) is 14.9 Å². The molecule has 2 amide bonds. The fourth-order valence-electron chi connectivity index (χ4n) is 2.62. The molecule has 1 fully saturated rings. The minimum atomic E-state index is -0.786. The van der Waals surface area contributed by atoms with E-state index in [1.54, 1.807) is 19.2 Å². The van der Waals surface area contributed by atoms with E-state index in [-0.39, 0.29) is 11.1 Å². The molecule has 1 aliphatic heterocycles. The lowest BCUT2D eigenvalue weighted by Crippen LogP contribution is -2.35. The summed E-state index contributed by atoms with van der Waals surface area (Å²) in [7, 11) is 0. The van der Waals surface area contributed by atoms with Crippen LogP contribution in [-0.2, 0) is 11.2 Å². The second-order valence-electron chi connectivity index (χ2n) is 6.24. The Kier molecular flexibility index (Phi) is 4.75. The third-order valence-corrected chi connectivity index (χ3v) is 5.35. The van der Waals surface area contributed by atoms with Crippen LogP contribution in [0.3, 0.4) is 0 Å². The molecule has 0 radical (unpaired) electrons. The predicted molar refractivity (Wildman–Crippen MR) is 98.5 cm³/mol. The molecule has 25 heavy (non-hydrogen) atoms. The highest BCUT2D eigenvalue weighted by Gasteiger charge is 2.43. The average Bonchev–Trinajstić information content (AvgIpc) is 2.77. The summed E-state index contributed by atoms with van der Waals surface area (Å²) >= 11 is 7.18. The van der Waals surface area contributed by atoms with Gasteiger partial charge in [0.1, 0.15) is 15.5 Å². The number of rotatable bonds is 4. The lowest BCUT2D eigenvalue weighted by atomic mass is 9.96. The average molecular weight is 377 g/mol. The molecule has 3 rings (SSSR count). The summed E-state index contributed by atoms with van der Waals surface area (Å²) in [6, 6.07) is 7.37. The third kappa shape index (κ3) is 3.80. The van der Waals surface area contributed by atoms with Crippen molar-refractivity contribution >= 4 is 34.5 Å². The monoisotopic (exact) mass is 376 g/mol. The number of aromatic nitrogens is 1. The van der Waals surface area contributed by atoms with E-state index < -0.39 is 4.75 Å². The van der Waals surface area contributed by atoms with Gasteiger partial charge >= 0.3 is 0 Å². The molecule has 1 aliphatic rings. The first-order valence-electron chi connectivity index (χ1n) is 7.71. The van der Waals surface area contributed by atoms with Gasteiger partial charge in [0, 0.05) is 6.20 Å². The van der Waals surface area contributed by atoms with Gasteiger partial charge in [-0.1, -0.05) is 17.7 Å². The van der Waals surface area contributed by atoms with Crippen LogP contribution in [0.1, 0.15) is 23.6 Å². The van der Waals surface area contributed by atoms with Crippen molar-refractivity contribution in [2.24, 2.45) is 0 Å². The normalized spacial score (nSPS) is 19.8. The maximum atomic E-state index is 12.0. The van der Waals surface area contributed by atoms with Crippen molar-refractivity contribution in [3.8, 4) is 11.6 Å². The van der Waals surface area contributed by atoms with Crippen LogP contribution in [0, 0.1) is 13.8 Å². The van der Waals surface area contributed by atoms with E-state index in [2.05, 4.69) is 10.3 Å².